The third-order valence-corrected chi connectivity index (χ3v) is 3.01. The Hall–Kier alpha value is -0.960. The average Bonchev–Trinajstić information content (AvgIpc) is 3.08. The van der Waals surface area contributed by atoms with Crippen LogP contribution in [0.5, 0.6) is 0 Å². The summed E-state index contributed by atoms with van der Waals surface area (Å²) in [5.41, 5.74) is 0.870. The quantitative estimate of drug-likeness (QED) is 0.809. The highest BCUT2D eigenvalue weighted by molar-refractivity contribution is 5.23. The summed E-state index contributed by atoms with van der Waals surface area (Å²) >= 11 is 0. The van der Waals surface area contributed by atoms with Crippen LogP contribution in [0.4, 0.5) is 8.78 Å². The number of benzene rings is 1. The highest BCUT2D eigenvalue weighted by Crippen LogP contribution is 2.41. The van der Waals surface area contributed by atoms with Gasteiger partial charge in [-0.15, -0.1) is 0 Å². The molecule has 1 aromatic carbocycles. The van der Waals surface area contributed by atoms with Crippen LogP contribution >= 0.6 is 0 Å². The van der Waals surface area contributed by atoms with E-state index in [-0.39, 0.29) is 6.04 Å². The molecule has 1 aliphatic carbocycles. The summed E-state index contributed by atoms with van der Waals surface area (Å²) in [5.74, 6) is -0.924. The first kappa shape index (κ1) is 11.5. The van der Waals surface area contributed by atoms with Crippen LogP contribution < -0.4 is 5.32 Å². The monoisotopic (exact) mass is 225 g/mol. The topological polar surface area (TPSA) is 12.0 Å². The molecule has 1 N–H and O–H groups in total. The van der Waals surface area contributed by atoms with Crippen molar-refractivity contribution in [1.29, 1.82) is 0 Å². The van der Waals surface area contributed by atoms with Crippen molar-refractivity contribution in [2.75, 3.05) is 6.54 Å². The molecule has 0 radical (unpaired) electrons. The summed E-state index contributed by atoms with van der Waals surface area (Å²) in [5, 5.41) is 3.41. The third-order valence-electron chi connectivity index (χ3n) is 3.01. The highest BCUT2D eigenvalue weighted by Gasteiger charge is 2.32. The van der Waals surface area contributed by atoms with Gasteiger partial charge in [0.15, 0.2) is 11.6 Å². The number of nitrogens with one attached hydrogen (secondary N) is 1. The van der Waals surface area contributed by atoms with Gasteiger partial charge in [0, 0.05) is 6.04 Å². The molecule has 1 fully saturated rings. The molecule has 1 nitrogen and oxygen atoms in total. The number of rotatable bonds is 5. The standard InChI is InChI=1S/C13H17F2N/c1-2-7-16-13(9-3-4-9)10-5-6-11(14)12(15)8-10/h5-6,8-9,13,16H,2-4,7H2,1H3. The summed E-state index contributed by atoms with van der Waals surface area (Å²) in [6.45, 7) is 3.02. The second-order valence-electron chi connectivity index (χ2n) is 4.44. The molecule has 0 saturated heterocycles. The van der Waals surface area contributed by atoms with Gasteiger partial charge in [-0.25, -0.2) is 8.78 Å². The lowest BCUT2D eigenvalue weighted by molar-refractivity contribution is 0.468. The van der Waals surface area contributed by atoms with Crippen LogP contribution in [-0.4, -0.2) is 6.54 Å². The van der Waals surface area contributed by atoms with Gasteiger partial charge in [0.05, 0.1) is 0 Å². The Morgan fingerprint density at radius 3 is 2.62 bits per heavy atom. The molecule has 16 heavy (non-hydrogen) atoms. The lowest BCUT2D eigenvalue weighted by Gasteiger charge is -2.18. The van der Waals surface area contributed by atoms with Crippen molar-refractivity contribution >= 4 is 0 Å². The van der Waals surface area contributed by atoms with E-state index in [2.05, 4.69) is 12.2 Å². The zero-order valence-electron chi connectivity index (χ0n) is 9.47. The average molecular weight is 225 g/mol. The minimum atomic E-state index is -0.770. The van der Waals surface area contributed by atoms with Crippen molar-refractivity contribution in [3.63, 3.8) is 0 Å². The molecule has 1 unspecified atom stereocenters. The second kappa shape index (κ2) is 4.91. The fraction of sp³-hybridized carbons (Fsp3) is 0.538. The summed E-state index contributed by atoms with van der Waals surface area (Å²) in [6.07, 6.45) is 3.41. The molecule has 88 valence electrons. The van der Waals surface area contributed by atoms with E-state index in [1.165, 1.54) is 25.0 Å². The van der Waals surface area contributed by atoms with Crippen molar-refractivity contribution in [3.8, 4) is 0 Å². The number of hydrogen-bond donors (Lipinski definition) is 1. The van der Waals surface area contributed by atoms with Crippen LogP contribution in [0.25, 0.3) is 0 Å². The SMILES string of the molecule is CCCNC(c1ccc(F)c(F)c1)C1CC1. The van der Waals surface area contributed by atoms with Crippen LogP contribution in [-0.2, 0) is 0 Å². The summed E-state index contributed by atoms with van der Waals surface area (Å²) in [4.78, 5) is 0. The first-order valence-electron chi connectivity index (χ1n) is 5.90. The maximum Gasteiger partial charge on any atom is 0.159 e. The van der Waals surface area contributed by atoms with E-state index in [1.807, 2.05) is 0 Å². The molecule has 3 heteroatoms. The van der Waals surface area contributed by atoms with Gasteiger partial charge in [-0.1, -0.05) is 13.0 Å². The van der Waals surface area contributed by atoms with Gasteiger partial charge in [0.25, 0.3) is 0 Å². The molecule has 0 spiro atoms. The lowest BCUT2D eigenvalue weighted by atomic mass is 10.0. The van der Waals surface area contributed by atoms with Crippen molar-refractivity contribution in [2.24, 2.45) is 5.92 Å². The lowest BCUT2D eigenvalue weighted by Crippen LogP contribution is -2.24. The molecule has 1 saturated carbocycles. The van der Waals surface area contributed by atoms with E-state index in [0.29, 0.717) is 5.92 Å². The molecule has 0 aliphatic heterocycles. The van der Waals surface area contributed by atoms with Gasteiger partial charge in [-0.2, -0.15) is 0 Å². The van der Waals surface area contributed by atoms with Crippen LogP contribution in [0.1, 0.15) is 37.8 Å². The van der Waals surface area contributed by atoms with E-state index in [0.717, 1.165) is 18.5 Å². The van der Waals surface area contributed by atoms with E-state index in [1.54, 1.807) is 6.07 Å². The Balaban J connectivity index is 2.14. The Kier molecular flexibility index (Phi) is 3.54. The second-order valence-corrected chi connectivity index (χ2v) is 4.44. The fourth-order valence-corrected chi connectivity index (χ4v) is 1.99. The van der Waals surface area contributed by atoms with Gasteiger partial charge in [0.2, 0.25) is 0 Å². The van der Waals surface area contributed by atoms with Gasteiger partial charge in [-0.05, 0) is 49.4 Å². The van der Waals surface area contributed by atoms with Crippen LogP contribution in [0, 0.1) is 17.6 Å². The Morgan fingerprint density at radius 1 is 1.31 bits per heavy atom. The first-order chi connectivity index (χ1) is 7.72. The molecule has 0 amide bonds. The van der Waals surface area contributed by atoms with Crippen molar-refractivity contribution in [2.45, 2.75) is 32.2 Å². The van der Waals surface area contributed by atoms with Crippen LogP contribution in [0.3, 0.4) is 0 Å². The Bertz CT molecular complexity index is 361. The fourth-order valence-electron chi connectivity index (χ4n) is 1.99. The van der Waals surface area contributed by atoms with E-state index < -0.39 is 11.6 Å². The van der Waals surface area contributed by atoms with Crippen molar-refractivity contribution < 1.29 is 8.78 Å². The maximum atomic E-state index is 13.1. The molecular weight excluding hydrogens is 208 g/mol. The molecule has 0 aromatic heterocycles. The molecule has 2 rings (SSSR count). The predicted octanol–water partition coefficient (Wildman–Crippen LogP) is 3.42. The maximum absolute atomic E-state index is 13.1. The molecule has 1 aliphatic rings. The minimum Gasteiger partial charge on any atom is -0.310 e. The molecular formula is C13H17F2N. The molecule has 1 aromatic rings. The highest BCUT2D eigenvalue weighted by atomic mass is 19.2. The molecule has 1 atom stereocenters. The van der Waals surface area contributed by atoms with E-state index >= 15 is 0 Å². The van der Waals surface area contributed by atoms with Gasteiger partial charge in [0.1, 0.15) is 0 Å². The van der Waals surface area contributed by atoms with E-state index in [9.17, 15) is 8.78 Å². The van der Waals surface area contributed by atoms with Crippen LogP contribution in [0.2, 0.25) is 0 Å². The van der Waals surface area contributed by atoms with Gasteiger partial charge < -0.3 is 5.32 Å². The van der Waals surface area contributed by atoms with Crippen molar-refractivity contribution in [1.82, 2.24) is 5.32 Å². The summed E-state index contributed by atoms with van der Waals surface area (Å²) < 4.78 is 26.0. The first-order valence-corrected chi connectivity index (χ1v) is 5.90. The number of hydrogen-bond acceptors (Lipinski definition) is 1. The normalized spacial score (nSPS) is 17.4. The minimum absolute atomic E-state index is 0.190. The Labute approximate surface area is 94.9 Å². The molecule has 0 bridgehead atoms. The zero-order valence-corrected chi connectivity index (χ0v) is 9.47. The van der Waals surface area contributed by atoms with Crippen LogP contribution in [0.15, 0.2) is 18.2 Å². The number of halogens is 2. The smallest absolute Gasteiger partial charge is 0.159 e. The summed E-state index contributed by atoms with van der Waals surface area (Å²) in [7, 11) is 0. The van der Waals surface area contributed by atoms with Gasteiger partial charge in [-0.3, -0.25) is 0 Å². The zero-order chi connectivity index (χ0) is 11.5. The van der Waals surface area contributed by atoms with Gasteiger partial charge >= 0.3 is 0 Å². The predicted molar refractivity (Wildman–Crippen MR) is 60.1 cm³/mol. The van der Waals surface area contributed by atoms with E-state index in [4.69, 9.17) is 0 Å². The summed E-state index contributed by atoms with van der Waals surface area (Å²) in [6, 6.07) is 4.41. The van der Waals surface area contributed by atoms with Crippen molar-refractivity contribution in [3.05, 3.63) is 35.4 Å². The molecule has 0 heterocycles. The largest absolute Gasteiger partial charge is 0.310 e. The third kappa shape index (κ3) is 2.59. The Morgan fingerprint density at radius 2 is 2.06 bits per heavy atom.